The summed E-state index contributed by atoms with van der Waals surface area (Å²) >= 11 is 0. The Morgan fingerprint density at radius 3 is 1.57 bits per heavy atom. The Labute approximate surface area is 322 Å². The van der Waals surface area contributed by atoms with Gasteiger partial charge in [0.1, 0.15) is 22.3 Å². The van der Waals surface area contributed by atoms with Gasteiger partial charge in [-0.1, -0.05) is 158 Å². The molecule has 5 heteroatoms. The minimum absolute atomic E-state index is 0.580. The van der Waals surface area contributed by atoms with Crippen molar-refractivity contribution in [2.45, 2.75) is 0 Å². The van der Waals surface area contributed by atoms with Gasteiger partial charge in [0.05, 0.1) is 0 Å². The molecule has 3 aromatic heterocycles. The van der Waals surface area contributed by atoms with Crippen molar-refractivity contribution in [3.63, 3.8) is 0 Å². The Morgan fingerprint density at radius 1 is 0.268 bits per heavy atom. The molecule has 0 saturated carbocycles. The average molecular weight is 718 g/mol. The molecule has 0 spiro atoms. The summed E-state index contributed by atoms with van der Waals surface area (Å²) in [5.41, 5.74) is 12.7. The van der Waals surface area contributed by atoms with Crippen molar-refractivity contribution in [3.05, 3.63) is 188 Å². The van der Waals surface area contributed by atoms with Gasteiger partial charge in [-0.15, -0.1) is 0 Å². The van der Waals surface area contributed by atoms with Gasteiger partial charge in [-0.2, -0.15) is 0 Å². The number of hydrogen-bond donors (Lipinski definition) is 0. The van der Waals surface area contributed by atoms with Crippen LogP contribution in [0.2, 0.25) is 0 Å². The van der Waals surface area contributed by atoms with E-state index in [1.54, 1.807) is 0 Å². The van der Waals surface area contributed by atoms with E-state index in [2.05, 4.69) is 140 Å². The highest BCUT2D eigenvalue weighted by molar-refractivity contribution is 6.12. The number of benzene rings is 8. The first kappa shape index (κ1) is 31.9. The number of furan rings is 2. The fourth-order valence-electron chi connectivity index (χ4n) is 7.81. The van der Waals surface area contributed by atoms with Gasteiger partial charge in [-0.25, -0.2) is 15.0 Å². The second-order valence-corrected chi connectivity index (χ2v) is 14.0. The van der Waals surface area contributed by atoms with Gasteiger partial charge >= 0.3 is 0 Å². The summed E-state index contributed by atoms with van der Waals surface area (Å²) in [5, 5.41) is 4.29. The highest BCUT2D eigenvalue weighted by Gasteiger charge is 2.19. The summed E-state index contributed by atoms with van der Waals surface area (Å²) in [7, 11) is 0. The molecular weight excluding hydrogens is 687 g/mol. The molecule has 11 aromatic rings. The summed E-state index contributed by atoms with van der Waals surface area (Å²) in [6.07, 6.45) is 0. The van der Waals surface area contributed by atoms with Crippen LogP contribution in [0, 0.1) is 0 Å². The summed E-state index contributed by atoms with van der Waals surface area (Å²) in [5.74, 6) is 1.80. The fourth-order valence-corrected chi connectivity index (χ4v) is 7.81. The first-order chi connectivity index (χ1) is 27.7. The molecule has 8 aromatic carbocycles. The number of hydrogen-bond acceptors (Lipinski definition) is 5. The molecule has 0 amide bonds. The maximum atomic E-state index is 6.81. The number of fused-ring (bicyclic) bond motifs is 6. The van der Waals surface area contributed by atoms with E-state index in [9.17, 15) is 0 Å². The molecule has 0 aliphatic heterocycles. The maximum Gasteiger partial charge on any atom is 0.164 e. The fraction of sp³-hybridized carbons (Fsp3) is 0. The smallest absolute Gasteiger partial charge is 0.164 e. The van der Waals surface area contributed by atoms with E-state index >= 15 is 0 Å². The lowest BCUT2D eigenvalue weighted by atomic mass is 9.93. The van der Waals surface area contributed by atoms with Crippen LogP contribution in [-0.2, 0) is 0 Å². The molecule has 262 valence electrons. The van der Waals surface area contributed by atoms with E-state index in [4.69, 9.17) is 23.8 Å². The van der Waals surface area contributed by atoms with Crippen molar-refractivity contribution in [2.75, 3.05) is 0 Å². The van der Waals surface area contributed by atoms with Gasteiger partial charge in [0.2, 0.25) is 0 Å². The SMILES string of the molecule is c1ccc(-c2ccc(-c3nc(-c4ccccc4)nc(-c4ccc5c(c4)oc4c(-c6ccccc6-c6ccc7oc8ccccc8c7c6)cccc45)n3)cc2)cc1. The predicted molar refractivity (Wildman–Crippen MR) is 227 cm³/mol. The van der Waals surface area contributed by atoms with Gasteiger partial charge in [0.25, 0.3) is 0 Å². The molecule has 11 rings (SSSR count). The number of rotatable bonds is 6. The largest absolute Gasteiger partial charge is 0.456 e. The minimum Gasteiger partial charge on any atom is -0.456 e. The van der Waals surface area contributed by atoms with Gasteiger partial charge < -0.3 is 8.83 Å². The van der Waals surface area contributed by atoms with Crippen molar-refractivity contribution in [2.24, 2.45) is 0 Å². The average Bonchev–Trinajstić information content (AvgIpc) is 3.85. The van der Waals surface area contributed by atoms with Crippen molar-refractivity contribution < 1.29 is 8.83 Å². The zero-order valence-corrected chi connectivity index (χ0v) is 30.1. The third-order valence-electron chi connectivity index (χ3n) is 10.6. The zero-order chi connectivity index (χ0) is 37.0. The van der Waals surface area contributed by atoms with Crippen LogP contribution in [0.1, 0.15) is 0 Å². The van der Waals surface area contributed by atoms with Gasteiger partial charge in [0, 0.05) is 43.8 Å². The number of aromatic nitrogens is 3. The molecule has 0 N–H and O–H groups in total. The van der Waals surface area contributed by atoms with Gasteiger partial charge in [-0.05, 0) is 58.1 Å². The summed E-state index contributed by atoms with van der Waals surface area (Å²) in [4.78, 5) is 15.0. The number of nitrogens with zero attached hydrogens (tertiary/aromatic N) is 3. The van der Waals surface area contributed by atoms with Crippen LogP contribution in [0.4, 0.5) is 0 Å². The van der Waals surface area contributed by atoms with Crippen LogP contribution in [0.15, 0.2) is 197 Å². The first-order valence-electron chi connectivity index (χ1n) is 18.7. The standard InChI is InChI=1S/C51H31N3O2/c1-3-12-32(13-4-1)33-22-24-35(25-23-33)50-52-49(34-14-5-2-6-15-34)53-51(54-50)37-26-28-41-43-20-11-19-42(48(43)56-47(41)31-37)39-17-8-7-16-38(39)36-27-29-46-44(30-36)40-18-9-10-21-45(40)55-46/h1-31H. The number of para-hydroxylation sites is 2. The van der Waals surface area contributed by atoms with Crippen molar-refractivity contribution in [1.82, 2.24) is 15.0 Å². The Morgan fingerprint density at radius 2 is 0.786 bits per heavy atom. The zero-order valence-electron chi connectivity index (χ0n) is 30.1. The van der Waals surface area contributed by atoms with E-state index < -0.39 is 0 Å². The molecule has 0 atom stereocenters. The maximum absolute atomic E-state index is 6.81. The predicted octanol–water partition coefficient (Wildman–Crippen LogP) is 13.7. The van der Waals surface area contributed by atoms with Crippen molar-refractivity contribution in [1.29, 1.82) is 0 Å². The first-order valence-corrected chi connectivity index (χ1v) is 18.7. The van der Waals surface area contributed by atoms with Gasteiger partial charge in [-0.3, -0.25) is 0 Å². The lowest BCUT2D eigenvalue weighted by Crippen LogP contribution is -2.00. The molecule has 0 fully saturated rings. The second-order valence-electron chi connectivity index (χ2n) is 14.0. The van der Waals surface area contributed by atoms with Crippen LogP contribution in [0.3, 0.4) is 0 Å². The monoisotopic (exact) mass is 717 g/mol. The third kappa shape index (κ3) is 5.45. The Bertz CT molecular complexity index is 3240. The topological polar surface area (TPSA) is 65.0 Å². The molecule has 5 nitrogen and oxygen atoms in total. The molecule has 0 bridgehead atoms. The molecular formula is C51H31N3O2. The van der Waals surface area contributed by atoms with Crippen molar-refractivity contribution >= 4 is 43.9 Å². The molecule has 56 heavy (non-hydrogen) atoms. The molecule has 0 radical (unpaired) electrons. The summed E-state index contributed by atoms with van der Waals surface area (Å²) in [6, 6.07) is 64.6. The van der Waals surface area contributed by atoms with E-state index in [1.807, 2.05) is 48.5 Å². The highest BCUT2D eigenvalue weighted by Crippen LogP contribution is 2.42. The lowest BCUT2D eigenvalue weighted by molar-refractivity contribution is 0.669. The summed E-state index contributed by atoms with van der Waals surface area (Å²) < 4.78 is 12.9. The van der Waals surface area contributed by atoms with E-state index in [0.717, 1.165) is 93.9 Å². The Hall–Kier alpha value is -7.63. The Balaban J connectivity index is 1.02. The molecule has 0 saturated heterocycles. The summed E-state index contributed by atoms with van der Waals surface area (Å²) in [6.45, 7) is 0. The second kappa shape index (κ2) is 13.0. The van der Waals surface area contributed by atoms with Crippen molar-refractivity contribution in [3.8, 4) is 67.5 Å². The molecule has 0 aliphatic rings. The van der Waals surface area contributed by atoms with Crippen LogP contribution < -0.4 is 0 Å². The molecule has 0 aliphatic carbocycles. The normalized spacial score (nSPS) is 11.6. The Kier molecular flexibility index (Phi) is 7.42. The van der Waals surface area contributed by atoms with E-state index in [-0.39, 0.29) is 0 Å². The highest BCUT2D eigenvalue weighted by atomic mass is 16.3. The van der Waals surface area contributed by atoms with Crippen LogP contribution in [-0.4, -0.2) is 15.0 Å². The lowest BCUT2D eigenvalue weighted by Gasteiger charge is -2.11. The van der Waals surface area contributed by atoms with E-state index in [1.165, 1.54) is 0 Å². The van der Waals surface area contributed by atoms with Crippen LogP contribution in [0.25, 0.3) is 111 Å². The van der Waals surface area contributed by atoms with Crippen LogP contribution in [0.5, 0.6) is 0 Å². The quantitative estimate of drug-likeness (QED) is 0.171. The molecule has 3 heterocycles. The third-order valence-corrected chi connectivity index (χ3v) is 10.6. The molecule has 0 unspecified atom stereocenters. The minimum atomic E-state index is 0.580. The van der Waals surface area contributed by atoms with Crippen LogP contribution >= 0.6 is 0 Å². The van der Waals surface area contributed by atoms with Gasteiger partial charge in [0.15, 0.2) is 17.5 Å². The van der Waals surface area contributed by atoms with E-state index in [0.29, 0.717) is 17.5 Å².